The third kappa shape index (κ3) is 4.57. The standard InChI is InChI=1S/C24H28N4O/c1-17(14-19-16-26-15-18-4-2-3-5-23(18)19)24(29)27-21-6-8-22(9-7-21)28-12-10-20(25)11-13-28/h2-9,15-17,20H,10-14,25H2,1H3,(H,27,29). The van der Waals surface area contributed by atoms with E-state index in [1.807, 2.05) is 49.6 Å². The number of aromatic nitrogens is 1. The monoisotopic (exact) mass is 388 g/mol. The van der Waals surface area contributed by atoms with Gasteiger partial charge in [-0.3, -0.25) is 9.78 Å². The fourth-order valence-corrected chi connectivity index (χ4v) is 3.94. The minimum absolute atomic E-state index is 0.0228. The van der Waals surface area contributed by atoms with E-state index in [0.717, 1.165) is 48.0 Å². The molecule has 5 nitrogen and oxygen atoms in total. The molecule has 0 aliphatic carbocycles. The zero-order chi connectivity index (χ0) is 20.2. The lowest BCUT2D eigenvalue weighted by atomic mass is 9.97. The molecule has 1 fully saturated rings. The molecule has 3 aromatic rings. The first-order valence-corrected chi connectivity index (χ1v) is 10.3. The minimum atomic E-state index is -0.147. The predicted molar refractivity (Wildman–Crippen MR) is 119 cm³/mol. The molecular formula is C24H28N4O. The molecule has 5 heteroatoms. The van der Waals surface area contributed by atoms with Crippen LogP contribution in [-0.4, -0.2) is 30.0 Å². The molecule has 1 atom stereocenters. The van der Waals surface area contributed by atoms with Crippen LogP contribution in [0.5, 0.6) is 0 Å². The highest BCUT2D eigenvalue weighted by Gasteiger charge is 2.18. The predicted octanol–water partition coefficient (Wildman–Crippen LogP) is 3.98. The van der Waals surface area contributed by atoms with E-state index in [-0.39, 0.29) is 11.8 Å². The van der Waals surface area contributed by atoms with E-state index in [1.165, 1.54) is 5.69 Å². The Bertz CT molecular complexity index is 972. The number of piperidine rings is 1. The van der Waals surface area contributed by atoms with Crippen molar-refractivity contribution in [3.8, 4) is 0 Å². The van der Waals surface area contributed by atoms with E-state index in [9.17, 15) is 4.79 Å². The molecule has 1 aromatic heterocycles. The maximum atomic E-state index is 12.7. The van der Waals surface area contributed by atoms with Crippen LogP contribution in [0.4, 0.5) is 11.4 Å². The van der Waals surface area contributed by atoms with Crippen molar-refractivity contribution in [2.75, 3.05) is 23.3 Å². The van der Waals surface area contributed by atoms with Crippen LogP contribution in [0.15, 0.2) is 60.9 Å². The number of benzene rings is 2. The van der Waals surface area contributed by atoms with Crippen LogP contribution < -0.4 is 16.0 Å². The number of fused-ring (bicyclic) bond motifs is 1. The van der Waals surface area contributed by atoms with Gasteiger partial charge in [-0.05, 0) is 54.5 Å². The highest BCUT2D eigenvalue weighted by Crippen LogP contribution is 2.23. The fourth-order valence-electron chi connectivity index (χ4n) is 3.94. The second-order valence-electron chi connectivity index (χ2n) is 7.99. The summed E-state index contributed by atoms with van der Waals surface area (Å²) in [5.74, 6) is -0.125. The van der Waals surface area contributed by atoms with Crippen molar-refractivity contribution in [3.63, 3.8) is 0 Å². The van der Waals surface area contributed by atoms with Gasteiger partial charge in [0, 0.05) is 54.2 Å². The van der Waals surface area contributed by atoms with Crippen LogP contribution in [-0.2, 0) is 11.2 Å². The summed E-state index contributed by atoms with van der Waals surface area (Å²) in [6.07, 6.45) is 6.44. The van der Waals surface area contributed by atoms with E-state index in [1.54, 1.807) is 0 Å². The van der Waals surface area contributed by atoms with Gasteiger partial charge >= 0.3 is 0 Å². The molecule has 1 saturated heterocycles. The van der Waals surface area contributed by atoms with Crippen LogP contribution in [0.3, 0.4) is 0 Å². The molecule has 1 amide bonds. The summed E-state index contributed by atoms with van der Waals surface area (Å²) < 4.78 is 0. The Hall–Kier alpha value is -2.92. The average Bonchev–Trinajstić information content (AvgIpc) is 2.75. The van der Waals surface area contributed by atoms with E-state index in [4.69, 9.17) is 5.73 Å². The third-order valence-electron chi connectivity index (χ3n) is 5.76. The molecule has 29 heavy (non-hydrogen) atoms. The lowest BCUT2D eigenvalue weighted by molar-refractivity contribution is -0.119. The molecular weight excluding hydrogens is 360 g/mol. The van der Waals surface area contributed by atoms with E-state index >= 15 is 0 Å². The number of carbonyl (C=O) groups excluding carboxylic acids is 1. The van der Waals surface area contributed by atoms with Gasteiger partial charge in [-0.1, -0.05) is 31.2 Å². The van der Waals surface area contributed by atoms with Gasteiger partial charge in [0.2, 0.25) is 5.91 Å². The van der Waals surface area contributed by atoms with Gasteiger partial charge in [-0.2, -0.15) is 0 Å². The van der Waals surface area contributed by atoms with E-state index in [2.05, 4.69) is 33.4 Å². The zero-order valence-corrected chi connectivity index (χ0v) is 16.8. The van der Waals surface area contributed by atoms with Crippen LogP contribution in [0.1, 0.15) is 25.3 Å². The lowest BCUT2D eigenvalue weighted by Gasteiger charge is -2.32. The summed E-state index contributed by atoms with van der Waals surface area (Å²) in [7, 11) is 0. The highest BCUT2D eigenvalue weighted by atomic mass is 16.1. The van der Waals surface area contributed by atoms with Gasteiger partial charge in [0.05, 0.1) is 0 Å². The van der Waals surface area contributed by atoms with E-state index in [0.29, 0.717) is 12.5 Å². The van der Waals surface area contributed by atoms with Crippen molar-refractivity contribution in [2.45, 2.75) is 32.2 Å². The van der Waals surface area contributed by atoms with Crippen LogP contribution >= 0.6 is 0 Å². The fraction of sp³-hybridized carbons (Fsp3) is 0.333. The molecule has 0 saturated carbocycles. The molecule has 0 spiro atoms. The largest absolute Gasteiger partial charge is 0.371 e. The molecule has 1 unspecified atom stereocenters. The summed E-state index contributed by atoms with van der Waals surface area (Å²) in [4.78, 5) is 19.4. The maximum absolute atomic E-state index is 12.7. The van der Waals surface area contributed by atoms with Gasteiger partial charge in [-0.15, -0.1) is 0 Å². The van der Waals surface area contributed by atoms with Gasteiger partial charge in [0.25, 0.3) is 0 Å². The molecule has 0 radical (unpaired) electrons. The number of rotatable bonds is 5. The molecule has 2 aromatic carbocycles. The zero-order valence-electron chi connectivity index (χ0n) is 16.8. The van der Waals surface area contributed by atoms with Gasteiger partial charge in [-0.25, -0.2) is 0 Å². The van der Waals surface area contributed by atoms with Crippen LogP contribution in [0.2, 0.25) is 0 Å². The third-order valence-corrected chi connectivity index (χ3v) is 5.76. The number of anilines is 2. The lowest BCUT2D eigenvalue weighted by Crippen LogP contribution is -2.39. The summed E-state index contributed by atoms with van der Waals surface area (Å²) >= 11 is 0. The summed E-state index contributed by atoms with van der Waals surface area (Å²) in [6.45, 7) is 3.94. The van der Waals surface area contributed by atoms with Crippen molar-refractivity contribution in [3.05, 3.63) is 66.5 Å². The van der Waals surface area contributed by atoms with Crippen LogP contribution in [0.25, 0.3) is 10.8 Å². The number of nitrogens with zero attached hydrogens (tertiary/aromatic N) is 2. The second-order valence-corrected chi connectivity index (χ2v) is 7.99. The first-order chi connectivity index (χ1) is 14.1. The first-order valence-electron chi connectivity index (χ1n) is 10.3. The number of amides is 1. The van der Waals surface area contributed by atoms with Crippen molar-refractivity contribution in [2.24, 2.45) is 11.7 Å². The van der Waals surface area contributed by atoms with Crippen LogP contribution in [0, 0.1) is 5.92 Å². The van der Waals surface area contributed by atoms with E-state index < -0.39 is 0 Å². The Morgan fingerprint density at radius 2 is 1.86 bits per heavy atom. The second kappa shape index (κ2) is 8.62. The number of nitrogens with two attached hydrogens (primary N) is 1. The number of hydrogen-bond donors (Lipinski definition) is 2. The SMILES string of the molecule is CC(Cc1cncc2ccccc12)C(=O)Nc1ccc(N2CCC(N)CC2)cc1. The number of pyridine rings is 1. The van der Waals surface area contributed by atoms with Crippen molar-refractivity contribution in [1.29, 1.82) is 0 Å². The summed E-state index contributed by atoms with van der Waals surface area (Å²) in [5.41, 5.74) is 9.11. The van der Waals surface area contributed by atoms with Gasteiger partial charge in [0.15, 0.2) is 0 Å². The molecule has 1 aliphatic rings. The van der Waals surface area contributed by atoms with Gasteiger partial charge in [0.1, 0.15) is 0 Å². The smallest absolute Gasteiger partial charge is 0.227 e. The molecule has 3 N–H and O–H groups in total. The Morgan fingerprint density at radius 1 is 1.14 bits per heavy atom. The maximum Gasteiger partial charge on any atom is 0.227 e. The van der Waals surface area contributed by atoms with Crippen molar-refractivity contribution >= 4 is 28.1 Å². The minimum Gasteiger partial charge on any atom is -0.371 e. The molecule has 2 heterocycles. The van der Waals surface area contributed by atoms with Crippen molar-refractivity contribution < 1.29 is 4.79 Å². The van der Waals surface area contributed by atoms with Gasteiger partial charge < -0.3 is 16.0 Å². The first kappa shape index (κ1) is 19.4. The topological polar surface area (TPSA) is 71.2 Å². The Balaban J connectivity index is 1.38. The highest BCUT2D eigenvalue weighted by molar-refractivity contribution is 5.93. The summed E-state index contributed by atoms with van der Waals surface area (Å²) in [6, 6.07) is 16.6. The Morgan fingerprint density at radius 3 is 2.62 bits per heavy atom. The average molecular weight is 389 g/mol. The number of carbonyl (C=O) groups is 1. The molecule has 4 rings (SSSR count). The molecule has 0 bridgehead atoms. The van der Waals surface area contributed by atoms with Crippen molar-refractivity contribution in [1.82, 2.24) is 4.98 Å². The molecule has 1 aliphatic heterocycles. The number of nitrogens with one attached hydrogen (secondary N) is 1. The molecule has 150 valence electrons. The summed E-state index contributed by atoms with van der Waals surface area (Å²) in [5, 5.41) is 5.31. The Kier molecular flexibility index (Phi) is 5.76. The number of hydrogen-bond acceptors (Lipinski definition) is 4. The Labute approximate surface area is 171 Å². The normalized spacial score (nSPS) is 16.0. The quantitative estimate of drug-likeness (QED) is 0.694.